The third kappa shape index (κ3) is 2.24. The van der Waals surface area contributed by atoms with Gasteiger partial charge < -0.3 is 0 Å². The molecule has 0 unspecified atom stereocenters. The van der Waals surface area contributed by atoms with Gasteiger partial charge in [0.1, 0.15) is 11.7 Å². The van der Waals surface area contributed by atoms with Crippen LogP contribution in [0.25, 0.3) is 10.9 Å². The van der Waals surface area contributed by atoms with Crippen LogP contribution in [0.5, 0.6) is 0 Å². The monoisotopic (exact) mass is 314 g/mol. The van der Waals surface area contributed by atoms with Gasteiger partial charge >= 0.3 is 0 Å². The van der Waals surface area contributed by atoms with Crippen LogP contribution in [0.4, 0.5) is 5.69 Å². The third-order valence-corrected chi connectivity index (χ3v) is 4.25. The molecule has 0 amide bonds. The Hall–Kier alpha value is -3.14. The molecule has 1 heterocycles. The molecule has 1 aliphatic rings. The summed E-state index contributed by atoms with van der Waals surface area (Å²) in [6, 6.07) is 16.8. The number of aromatic nitrogens is 1. The molecule has 0 fully saturated rings. The number of benzene rings is 2. The zero-order valence-electron chi connectivity index (χ0n) is 13.1. The summed E-state index contributed by atoms with van der Waals surface area (Å²) in [4.78, 5) is 33.5. The number of hydrogen-bond donors (Lipinski definition) is 0. The average Bonchev–Trinajstić information content (AvgIpc) is 2.87. The molecule has 4 heteroatoms. The van der Waals surface area contributed by atoms with Crippen molar-refractivity contribution in [1.82, 2.24) is 4.98 Å². The molecule has 116 valence electrons. The van der Waals surface area contributed by atoms with Crippen molar-refractivity contribution in [2.24, 2.45) is 10.9 Å². The first-order chi connectivity index (χ1) is 11.6. The molecule has 2 aromatic carbocycles. The Morgan fingerprint density at radius 1 is 1.04 bits per heavy atom. The fourth-order valence-corrected chi connectivity index (χ4v) is 3.12. The minimum atomic E-state index is -0.818. The van der Waals surface area contributed by atoms with Crippen molar-refractivity contribution < 1.29 is 9.59 Å². The molecule has 0 saturated heterocycles. The van der Waals surface area contributed by atoms with Crippen molar-refractivity contribution in [2.45, 2.75) is 6.92 Å². The van der Waals surface area contributed by atoms with Gasteiger partial charge in [0.2, 0.25) is 0 Å². The number of aliphatic imine (C=N–C) groups is 1. The lowest BCUT2D eigenvalue weighted by Crippen LogP contribution is -2.23. The molecule has 1 aromatic heterocycles. The summed E-state index contributed by atoms with van der Waals surface area (Å²) in [5.74, 6) is -1.17. The van der Waals surface area contributed by atoms with Gasteiger partial charge in [0, 0.05) is 22.7 Å². The molecule has 0 N–H and O–H groups in total. The van der Waals surface area contributed by atoms with Crippen LogP contribution in [-0.2, 0) is 4.79 Å². The molecule has 4 rings (SSSR count). The lowest BCUT2D eigenvalue weighted by Gasteiger charge is -2.07. The second-order valence-electron chi connectivity index (χ2n) is 5.83. The van der Waals surface area contributed by atoms with Crippen LogP contribution in [0.3, 0.4) is 0 Å². The first-order valence-electron chi connectivity index (χ1n) is 7.72. The number of nitrogens with zero attached hydrogens (tertiary/aromatic N) is 2. The van der Waals surface area contributed by atoms with Gasteiger partial charge in [0.15, 0.2) is 5.78 Å². The molecule has 3 aromatic rings. The van der Waals surface area contributed by atoms with Crippen LogP contribution in [-0.4, -0.2) is 22.3 Å². The standard InChI is InChI=1S/C20H14N2O2/c1-12(23)18-19(15-6-2-3-7-16(15)20(18)24)22-14-9-8-13-5-4-10-21-17(13)11-14/h2-11,18H,1H3/t18-/m1/s1. The summed E-state index contributed by atoms with van der Waals surface area (Å²) >= 11 is 0. The molecule has 0 aliphatic heterocycles. The molecule has 24 heavy (non-hydrogen) atoms. The van der Waals surface area contributed by atoms with E-state index in [0.29, 0.717) is 17.0 Å². The van der Waals surface area contributed by atoms with Crippen molar-refractivity contribution in [1.29, 1.82) is 0 Å². The van der Waals surface area contributed by atoms with Gasteiger partial charge in [-0.25, -0.2) is 0 Å². The number of Topliss-reactive ketones (excluding diaryl/α,β-unsaturated/α-hetero) is 2. The first-order valence-corrected chi connectivity index (χ1v) is 7.72. The van der Waals surface area contributed by atoms with Crippen LogP contribution in [0.2, 0.25) is 0 Å². The normalized spacial score (nSPS) is 18.1. The summed E-state index contributed by atoms with van der Waals surface area (Å²) < 4.78 is 0. The second-order valence-corrected chi connectivity index (χ2v) is 5.83. The van der Waals surface area contributed by atoms with Crippen LogP contribution >= 0.6 is 0 Å². The lowest BCUT2D eigenvalue weighted by molar-refractivity contribution is -0.117. The number of ketones is 2. The highest BCUT2D eigenvalue weighted by Crippen LogP contribution is 2.31. The van der Waals surface area contributed by atoms with Crippen molar-refractivity contribution >= 4 is 33.9 Å². The maximum Gasteiger partial charge on any atom is 0.180 e. The predicted octanol–water partition coefficient (Wildman–Crippen LogP) is 3.76. The Kier molecular flexibility index (Phi) is 3.31. The topological polar surface area (TPSA) is 59.4 Å². The third-order valence-electron chi connectivity index (χ3n) is 4.25. The maximum atomic E-state index is 12.5. The van der Waals surface area contributed by atoms with Crippen LogP contribution in [0, 0.1) is 5.92 Å². The number of fused-ring (bicyclic) bond motifs is 2. The molecule has 0 bridgehead atoms. The van der Waals surface area contributed by atoms with Gasteiger partial charge in [0.05, 0.1) is 16.9 Å². The van der Waals surface area contributed by atoms with Crippen LogP contribution in [0.15, 0.2) is 65.8 Å². The Balaban J connectivity index is 1.89. The Labute approximate surface area is 138 Å². The van der Waals surface area contributed by atoms with E-state index in [1.807, 2.05) is 42.5 Å². The Morgan fingerprint density at radius 3 is 2.62 bits per heavy atom. The molecule has 0 saturated carbocycles. The number of carbonyl (C=O) groups excluding carboxylic acids is 2. The van der Waals surface area contributed by atoms with E-state index in [2.05, 4.69) is 9.98 Å². The maximum absolute atomic E-state index is 12.5. The van der Waals surface area contributed by atoms with E-state index in [1.54, 1.807) is 18.3 Å². The van der Waals surface area contributed by atoms with E-state index in [4.69, 9.17) is 0 Å². The predicted molar refractivity (Wildman–Crippen MR) is 92.9 cm³/mol. The van der Waals surface area contributed by atoms with Crippen LogP contribution < -0.4 is 0 Å². The first kappa shape index (κ1) is 14.5. The molecule has 0 radical (unpaired) electrons. The van der Waals surface area contributed by atoms with Crippen molar-refractivity contribution in [3.05, 3.63) is 71.9 Å². The van der Waals surface area contributed by atoms with Gasteiger partial charge in [-0.15, -0.1) is 0 Å². The van der Waals surface area contributed by atoms with E-state index in [-0.39, 0.29) is 11.6 Å². The van der Waals surface area contributed by atoms with Gasteiger partial charge in [-0.1, -0.05) is 36.4 Å². The Morgan fingerprint density at radius 2 is 1.83 bits per heavy atom. The quantitative estimate of drug-likeness (QED) is 0.677. The van der Waals surface area contributed by atoms with E-state index in [0.717, 1.165) is 16.5 Å². The van der Waals surface area contributed by atoms with E-state index < -0.39 is 5.92 Å². The number of rotatable bonds is 2. The molecule has 1 aliphatic carbocycles. The van der Waals surface area contributed by atoms with E-state index >= 15 is 0 Å². The summed E-state index contributed by atoms with van der Waals surface area (Å²) in [5, 5.41) is 1.02. The molecular formula is C20H14N2O2. The minimum absolute atomic E-state index is 0.171. The second kappa shape index (κ2) is 5.49. The number of hydrogen-bond acceptors (Lipinski definition) is 4. The highest BCUT2D eigenvalue weighted by molar-refractivity contribution is 6.37. The molecule has 0 spiro atoms. The Bertz CT molecular complexity index is 1020. The van der Waals surface area contributed by atoms with Crippen molar-refractivity contribution in [3.63, 3.8) is 0 Å². The fraction of sp³-hybridized carbons (Fsp3) is 0.100. The van der Waals surface area contributed by atoms with Crippen molar-refractivity contribution in [2.75, 3.05) is 0 Å². The minimum Gasteiger partial charge on any atom is -0.299 e. The van der Waals surface area contributed by atoms with Gasteiger partial charge in [-0.3, -0.25) is 19.6 Å². The smallest absolute Gasteiger partial charge is 0.180 e. The van der Waals surface area contributed by atoms with Gasteiger partial charge in [-0.2, -0.15) is 0 Å². The SMILES string of the molecule is CC(=O)[C@H]1C(=O)c2ccccc2C1=Nc1ccc2cccnc2c1. The van der Waals surface area contributed by atoms with Gasteiger partial charge in [-0.05, 0) is 25.1 Å². The zero-order valence-corrected chi connectivity index (χ0v) is 13.1. The van der Waals surface area contributed by atoms with E-state index in [1.165, 1.54) is 6.92 Å². The van der Waals surface area contributed by atoms with Crippen LogP contribution in [0.1, 0.15) is 22.8 Å². The number of carbonyl (C=O) groups is 2. The molecular weight excluding hydrogens is 300 g/mol. The highest BCUT2D eigenvalue weighted by Gasteiger charge is 2.39. The van der Waals surface area contributed by atoms with E-state index in [9.17, 15) is 9.59 Å². The van der Waals surface area contributed by atoms with Crippen molar-refractivity contribution in [3.8, 4) is 0 Å². The number of pyridine rings is 1. The highest BCUT2D eigenvalue weighted by atomic mass is 16.2. The molecule has 4 nitrogen and oxygen atoms in total. The summed E-state index contributed by atoms with van der Waals surface area (Å²) in [5.41, 5.74) is 3.35. The average molecular weight is 314 g/mol. The summed E-state index contributed by atoms with van der Waals surface area (Å²) in [6.07, 6.45) is 1.73. The summed E-state index contributed by atoms with van der Waals surface area (Å²) in [6.45, 7) is 1.44. The zero-order chi connectivity index (χ0) is 16.7. The molecule has 1 atom stereocenters. The summed E-state index contributed by atoms with van der Waals surface area (Å²) in [7, 11) is 0. The lowest BCUT2D eigenvalue weighted by atomic mass is 9.99. The largest absolute Gasteiger partial charge is 0.299 e. The fourth-order valence-electron chi connectivity index (χ4n) is 3.12. The van der Waals surface area contributed by atoms with Gasteiger partial charge in [0.25, 0.3) is 0 Å².